The SMILES string of the molecule is CCCCNC(=O)Nc1cccc(C2NC(=O)N(CCCC)C(c3ccccc3)=C2C(=O)OCC)c1. The van der Waals surface area contributed by atoms with Gasteiger partial charge in [0.1, 0.15) is 0 Å². The topological polar surface area (TPSA) is 99.8 Å². The predicted octanol–water partition coefficient (Wildman–Crippen LogP) is 5.45. The van der Waals surface area contributed by atoms with Crippen LogP contribution < -0.4 is 16.0 Å². The fourth-order valence-electron chi connectivity index (χ4n) is 4.12. The second-order valence-electron chi connectivity index (χ2n) is 8.60. The lowest BCUT2D eigenvalue weighted by Crippen LogP contribution is -2.48. The molecule has 2 aromatic carbocycles. The lowest BCUT2D eigenvalue weighted by molar-refractivity contribution is -0.138. The van der Waals surface area contributed by atoms with Crippen LogP contribution in [0.15, 0.2) is 60.2 Å². The Labute approximate surface area is 213 Å². The molecule has 1 unspecified atom stereocenters. The van der Waals surface area contributed by atoms with Gasteiger partial charge in [-0.1, -0.05) is 69.2 Å². The van der Waals surface area contributed by atoms with Crippen LogP contribution >= 0.6 is 0 Å². The van der Waals surface area contributed by atoms with E-state index in [2.05, 4.69) is 29.8 Å². The maximum Gasteiger partial charge on any atom is 0.338 e. The van der Waals surface area contributed by atoms with E-state index in [1.807, 2.05) is 36.4 Å². The molecule has 0 bridgehead atoms. The minimum Gasteiger partial charge on any atom is -0.463 e. The van der Waals surface area contributed by atoms with Gasteiger partial charge in [0.05, 0.1) is 23.9 Å². The lowest BCUT2D eigenvalue weighted by Gasteiger charge is -2.37. The van der Waals surface area contributed by atoms with E-state index in [4.69, 9.17) is 4.74 Å². The molecular formula is C28H36N4O4. The van der Waals surface area contributed by atoms with Crippen LogP contribution in [0.5, 0.6) is 0 Å². The summed E-state index contributed by atoms with van der Waals surface area (Å²) in [7, 11) is 0. The molecule has 36 heavy (non-hydrogen) atoms. The highest BCUT2D eigenvalue weighted by Crippen LogP contribution is 2.37. The second-order valence-corrected chi connectivity index (χ2v) is 8.60. The van der Waals surface area contributed by atoms with Gasteiger partial charge < -0.3 is 20.7 Å². The van der Waals surface area contributed by atoms with Crippen LogP contribution in [0.2, 0.25) is 0 Å². The largest absolute Gasteiger partial charge is 0.463 e. The Morgan fingerprint density at radius 1 is 1.00 bits per heavy atom. The molecule has 1 aliphatic rings. The third kappa shape index (κ3) is 6.65. The molecule has 4 amide bonds. The second kappa shape index (κ2) is 13.3. The Kier molecular flexibility index (Phi) is 9.92. The van der Waals surface area contributed by atoms with Crippen molar-refractivity contribution in [3.63, 3.8) is 0 Å². The first kappa shape index (κ1) is 26.8. The van der Waals surface area contributed by atoms with Gasteiger partial charge in [-0.05, 0) is 43.0 Å². The first-order chi connectivity index (χ1) is 17.5. The van der Waals surface area contributed by atoms with Crippen LogP contribution in [-0.2, 0) is 9.53 Å². The van der Waals surface area contributed by atoms with Crippen LogP contribution in [0.1, 0.15) is 63.6 Å². The zero-order valence-electron chi connectivity index (χ0n) is 21.3. The Hall–Kier alpha value is -3.81. The summed E-state index contributed by atoms with van der Waals surface area (Å²) >= 11 is 0. The Morgan fingerprint density at radius 2 is 1.75 bits per heavy atom. The smallest absolute Gasteiger partial charge is 0.338 e. The van der Waals surface area contributed by atoms with Crippen molar-refractivity contribution in [3.8, 4) is 0 Å². The highest BCUT2D eigenvalue weighted by atomic mass is 16.5. The van der Waals surface area contributed by atoms with E-state index in [0.29, 0.717) is 35.6 Å². The first-order valence-electron chi connectivity index (χ1n) is 12.7. The third-order valence-corrected chi connectivity index (χ3v) is 5.90. The van der Waals surface area contributed by atoms with Crippen molar-refractivity contribution in [2.24, 2.45) is 0 Å². The van der Waals surface area contributed by atoms with Crippen molar-refractivity contribution in [2.45, 2.75) is 52.5 Å². The Bertz CT molecular complexity index is 1080. The number of esters is 1. The molecule has 0 saturated carbocycles. The molecule has 1 aliphatic heterocycles. The van der Waals surface area contributed by atoms with E-state index in [1.54, 1.807) is 30.0 Å². The number of unbranched alkanes of at least 4 members (excludes halogenated alkanes) is 2. The van der Waals surface area contributed by atoms with Crippen LogP contribution in [0, 0.1) is 0 Å². The fourth-order valence-corrected chi connectivity index (χ4v) is 4.12. The number of rotatable bonds is 11. The summed E-state index contributed by atoms with van der Waals surface area (Å²) in [6, 6.07) is 15.3. The van der Waals surface area contributed by atoms with Crippen LogP contribution in [0.3, 0.4) is 0 Å². The van der Waals surface area contributed by atoms with E-state index in [9.17, 15) is 14.4 Å². The van der Waals surface area contributed by atoms with Crippen molar-refractivity contribution in [1.82, 2.24) is 15.5 Å². The molecule has 3 rings (SSSR count). The maximum atomic E-state index is 13.4. The van der Waals surface area contributed by atoms with E-state index in [1.165, 1.54) is 0 Å². The van der Waals surface area contributed by atoms with E-state index < -0.39 is 12.0 Å². The quantitative estimate of drug-likeness (QED) is 0.287. The molecule has 2 aromatic rings. The van der Waals surface area contributed by atoms with E-state index in [-0.39, 0.29) is 18.7 Å². The number of hydrogen-bond donors (Lipinski definition) is 3. The van der Waals surface area contributed by atoms with Gasteiger partial charge in [0.15, 0.2) is 0 Å². The van der Waals surface area contributed by atoms with Gasteiger partial charge in [-0.3, -0.25) is 4.90 Å². The van der Waals surface area contributed by atoms with Crippen molar-refractivity contribution in [2.75, 3.05) is 25.0 Å². The standard InChI is InChI=1S/C28H36N4O4/c1-4-7-17-29-27(34)30-22-16-12-15-21(19-22)24-23(26(33)36-6-3)25(20-13-10-9-11-14-20)32(18-8-5-2)28(35)31-24/h9-16,19,24H,4-8,17-18H2,1-3H3,(H,31,35)(H2,29,30,34). The van der Waals surface area contributed by atoms with Gasteiger partial charge in [0.2, 0.25) is 0 Å². The average Bonchev–Trinajstić information content (AvgIpc) is 2.88. The highest BCUT2D eigenvalue weighted by Gasteiger charge is 2.38. The zero-order valence-corrected chi connectivity index (χ0v) is 21.3. The van der Waals surface area contributed by atoms with Gasteiger partial charge >= 0.3 is 18.0 Å². The van der Waals surface area contributed by atoms with Crippen molar-refractivity contribution in [1.29, 1.82) is 0 Å². The number of benzene rings is 2. The third-order valence-electron chi connectivity index (χ3n) is 5.90. The number of nitrogens with one attached hydrogen (secondary N) is 3. The summed E-state index contributed by atoms with van der Waals surface area (Å²) in [5.74, 6) is -0.487. The average molecular weight is 493 g/mol. The summed E-state index contributed by atoms with van der Waals surface area (Å²) in [5, 5.41) is 8.66. The lowest BCUT2D eigenvalue weighted by atomic mass is 9.91. The van der Waals surface area contributed by atoms with Gasteiger partial charge in [-0.25, -0.2) is 14.4 Å². The minimum absolute atomic E-state index is 0.208. The van der Waals surface area contributed by atoms with E-state index >= 15 is 0 Å². The number of amides is 4. The number of ether oxygens (including phenoxy) is 1. The minimum atomic E-state index is -0.741. The molecule has 8 nitrogen and oxygen atoms in total. The van der Waals surface area contributed by atoms with Crippen LogP contribution in [0.4, 0.5) is 15.3 Å². The molecule has 0 radical (unpaired) electrons. The number of carbonyl (C=O) groups is 3. The van der Waals surface area contributed by atoms with Gasteiger partial charge in [-0.15, -0.1) is 0 Å². The monoisotopic (exact) mass is 492 g/mol. The maximum absolute atomic E-state index is 13.4. The molecule has 0 aliphatic carbocycles. The Morgan fingerprint density at radius 3 is 2.44 bits per heavy atom. The van der Waals surface area contributed by atoms with E-state index in [0.717, 1.165) is 31.2 Å². The predicted molar refractivity (Wildman–Crippen MR) is 141 cm³/mol. The van der Waals surface area contributed by atoms with Crippen molar-refractivity contribution >= 4 is 29.4 Å². The van der Waals surface area contributed by atoms with Gasteiger partial charge in [0.25, 0.3) is 0 Å². The summed E-state index contributed by atoms with van der Waals surface area (Å²) in [6.07, 6.45) is 3.57. The zero-order chi connectivity index (χ0) is 25.9. The number of hydrogen-bond acceptors (Lipinski definition) is 4. The summed E-state index contributed by atoms with van der Waals surface area (Å²) in [6.45, 7) is 7.14. The summed E-state index contributed by atoms with van der Waals surface area (Å²) < 4.78 is 5.47. The van der Waals surface area contributed by atoms with Crippen LogP contribution in [-0.4, -0.2) is 42.6 Å². The molecule has 0 spiro atoms. The number of urea groups is 2. The summed E-state index contributed by atoms with van der Waals surface area (Å²) in [5.41, 5.74) is 2.91. The number of carbonyl (C=O) groups excluding carboxylic acids is 3. The summed E-state index contributed by atoms with van der Waals surface area (Å²) in [4.78, 5) is 40.6. The van der Waals surface area contributed by atoms with Gasteiger partial charge in [-0.2, -0.15) is 0 Å². The molecule has 3 N–H and O–H groups in total. The van der Waals surface area contributed by atoms with Gasteiger partial charge in [0, 0.05) is 18.8 Å². The van der Waals surface area contributed by atoms with Crippen LogP contribution in [0.25, 0.3) is 5.70 Å². The molecule has 192 valence electrons. The van der Waals surface area contributed by atoms with Crippen molar-refractivity contribution in [3.05, 3.63) is 71.3 Å². The highest BCUT2D eigenvalue weighted by molar-refractivity contribution is 6.04. The molecule has 1 atom stereocenters. The fraction of sp³-hybridized carbons (Fsp3) is 0.393. The molecule has 0 fully saturated rings. The molecular weight excluding hydrogens is 456 g/mol. The normalized spacial score (nSPS) is 15.4. The Balaban J connectivity index is 2.06. The first-order valence-corrected chi connectivity index (χ1v) is 12.7. The van der Waals surface area contributed by atoms with Crippen molar-refractivity contribution < 1.29 is 19.1 Å². The molecule has 8 heteroatoms. The molecule has 0 saturated heterocycles. The molecule has 1 heterocycles. The number of nitrogens with zero attached hydrogens (tertiary/aromatic N) is 1. The molecule has 0 aromatic heterocycles. The number of anilines is 1.